The number of hydrogen-bond donors (Lipinski definition) is 3. The zero-order valence-electron chi connectivity index (χ0n) is 7.59. The van der Waals surface area contributed by atoms with Crippen LogP contribution in [-0.4, -0.2) is 35.6 Å². The number of rotatable bonds is 0. The summed E-state index contributed by atoms with van der Waals surface area (Å²) in [5, 5.41) is 15.5. The third-order valence-corrected chi connectivity index (χ3v) is 2.93. The molecule has 0 aliphatic carbocycles. The first-order valence-corrected chi connectivity index (χ1v) is 4.50. The van der Waals surface area contributed by atoms with Gasteiger partial charge in [0.05, 0.1) is 0 Å². The van der Waals surface area contributed by atoms with Crippen molar-refractivity contribution in [2.75, 3.05) is 13.1 Å². The Bertz CT molecular complexity index is 234. The molecule has 0 radical (unpaired) electrons. The lowest BCUT2D eigenvalue weighted by molar-refractivity contribution is -0.119. The molecule has 5 heteroatoms. The van der Waals surface area contributed by atoms with Crippen LogP contribution in [0.25, 0.3) is 0 Å². The molecule has 1 atom stereocenters. The molecular weight excluding hydrogens is 172 g/mol. The Kier molecular flexibility index (Phi) is 1.75. The third-order valence-electron chi connectivity index (χ3n) is 2.93. The van der Waals surface area contributed by atoms with Gasteiger partial charge in [-0.2, -0.15) is 0 Å². The van der Waals surface area contributed by atoms with Crippen molar-refractivity contribution in [2.24, 2.45) is 0 Å². The number of piperidine rings is 1. The van der Waals surface area contributed by atoms with Gasteiger partial charge in [0.15, 0.2) is 11.3 Å². The molecule has 0 saturated carbocycles. The molecule has 0 aromatic rings. The van der Waals surface area contributed by atoms with E-state index in [0.29, 0.717) is 12.8 Å². The van der Waals surface area contributed by atoms with Crippen LogP contribution in [0.15, 0.2) is 0 Å². The van der Waals surface area contributed by atoms with Gasteiger partial charge >= 0.3 is 6.09 Å². The smallest absolute Gasteiger partial charge is 0.410 e. The summed E-state index contributed by atoms with van der Waals surface area (Å²) in [6.07, 6.45) is 0.782. The topological polar surface area (TPSA) is 70.6 Å². The highest BCUT2D eigenvalue weighted by Gasteiger charge is 2.57. The van der Waals surface area contributed by atoms with Gasteiger partial charge < -0.3 is 15.2 Å². The monoisotopic (exact) mass is 186 g/mol. The quantitative estimate of drug-likeness (QED) is 0.479. The Hall–Kier alpha value is -0.810. The summed E-state index contributed by atoms with van der Waals surface area (Å²) < 4.78 is 5.16. The largest absolute Gasteiger partial charge is 0.438 e. The van der Waals surface area contributed by atoms with Gasteiger partial charge in [0.1, 0.15) is 0 Å². The summed E-state index contributed by atoms with van der Waals surface area (Å²) in [5.41, 5.74) is -1.96. The molecule has 74 valence electrons. The third kappa shape index (κ3) is 1.19. The molecule has 2 aliphatic heterocycles. The molecule has 2 fully saturated rings. The lowest BCUT2D eigenvalue weighted by atomic mass is 9.83. The fraction of sp³-hybridized carbons (Fsp3) is 0.875. The number of ether oxygens (including phenoxy) is 1. The normalized spacial score (nSPS) is 37.2. The van der Waals surface area contributed by atoms with Gasteiger partial charge in [-0.25, -0.2) is 4.79 Å². The van der Waals surface area contributed by atoms with Crippen LogP contribution in [0.3, 0.4) is 0 Å². The molecule has 0 bridgehead atoms. The summed E-state index contributed by atoms with van der Waals surface area (Å²) in [4.78, 5) is 11.0. The van der Waals surface area contributed by atoms with Gasteiger partial charge in [-0.1, -0.05) is 0 Å². The van der Waals surface area contributed by atoms with Crippen molar-refractivity contribution in [1.29, 1.82) is 0 Å². The second kappa shape index (κ2) is 2.59. The van der Waals surface area contributed by atoms with Crippen molar-refractivity contribution >= 4 is 6.09 Å². The maximum Gasteiger partial charge on any atom is 0.410 e. The molecule has 1 amide bonds. The number of carbonyl (C=O) groups is 1. The van der Waals surface area contributed by atoms with Crippen LogP contribution >= 0.6 is 0 Å². The molecule has 2 rings (SSSR count). The molecule has 13 heavy (non-hydrogen) atoms. The highest BCUT2D eigenvalue weighted by atomic mass is 16.6. The predicted octanol–water partition coefficient (Wildman–Crippen LogP) is -0.443. The molecule has 3 N–H and O–H groups in total. The zero-order chi connectivity index (χ0) is 9.53. The summed E-state index contributed by atoms with van der Waals surface area (Å²) in [6.45, 7) is 3.12. The lowest BCUT2D eigenvalue weighted by Crippen LogP contribution is -2.58. The van der Waals surface area contributed by atoms with Crippen molar-refractivity contribution in [1.82, 2.24) is 10.6 Å². The van der Waals surface area contributed by atoms with Crippen molar-refractivity contribution in [3.63, 3.8) is 0 Å². The predicted molar refractivity (Wildman–Crippen MR) is 45.1 cm³/mol. The second-order valence-corrected chi connectivity index (χ2v) is 3.83. The number of aliphatic hydroxyl groups is 1. The van der Waals surface area contributed by atoms with E-state index in [1.54, 1.807) is 6.92 Å². The minimum Gasteiger partial charge on any atom is -0.438 e. The van der Waals surface area contributed by atoms with E-state index in [2.05, 4.69) is 10.6 Å². The molecule has 0 aromatic heterocycles. The summed E-state index contributed by atoms with van der Waals surface area (Å²) >= 11 is 0. The van der Waals surface area contributed by atoms with E-state index in [9.17, 15) is 9.90 Å². The highest BCUT2D eigenvalue weighted by Crippen LogP contribution is 2.37. The molecule has 1 spiro atoms. The van der Waals surface area contributed by atoms with Gasteiger partial charge in [-0.05, 0) is 20.0 Å². The fourth-order valence-corrected chi connectivity index (χ4v) is 2.03. The second-order valence-electron chi connectivity index (χ2n) is 3.83. The molecule has 2 aliphatic rings. The van der Waals surface area contributed by atoms with Crippen molar-refractivity contribution in [2.45, 2.75) is 31.1 Å². The zero-order valence-corrected chi connectivity index (χ0v) is 7.59. The first kappa shape index (κ1) is 8.77. The number of nitrogens with one attached hydrogen (secondary N) is 2. The average Bonchev–Trinajstić information content (AvgIpc) is 2.23. The van der Waals surface area contributed by atoms with Gasteiger partial charge in [0.2, 0.25) is 0 Å². The first-order chi connectivity index (χ1) is 6.06. The Morgan fingerprint density at radius 3 is 2.54 bits per heavy atom. The highest BCUT2D eigenvalue weighted by molar-refractivity contribution is 5.71. The summed E-state index contributed by atoms with van der Waals surface area (Å²) in [6, 6.07) is 0. The van der Waals surface area contributed by atoms with Crippen molar-refractivity contribution in [3.8, 4) is 0 Å². The van der Waals surface area contributed by atoms with Crippen LogP contribution in [-0.2, 0) is 4.74 Å². The molecule has 2 saturated heterocycles. The SMILES string of the molecule is CC1(O)NC(=O)OC12CCNCC2. The lowest BCUT2D eigenvalue weighted by Gasteiger charge is -2.39. The van der Waals surface area contributed by atoms with E-state index in [1.165, 1.54) is 0 Å². The number of amides is 1. The minimum atomic E-state index is -1.23. The van der Waals surface area contributed by atoms with Crippen LogP contribution in [0.1, 0.15) is 19.8 Å². The molecule has 1 unspecified atom stereocenters. The van der Waals surface area contributed by atoms with Gasteiger partial charge in [0, 0.05) is 12.8 Å². The summed E-state index contributed by atoms with van der Waals surface area (Å²) in [7, 11) is 0. The van der Waals surface area contributed by atoms with Crippen molar-refractivity contribution < 1.29 is 14.6 Å². The van der Waals surface area contributed by atoms with Crippen LogP contribution < -0.4 is 10.6 Å². The van der Waals surface area contributed by atoms with E-state index < -0.39 is 17.4 Å². The Morgan fingerprint density at radius 2 is 2.08 bits per heavy atom. The minimum absolute atomic E-state index is 0.521. The fourth-order valence-electron chi connectivity index (χ4n) is 2.03. The summed E-state index contributed by atoms with van der Waals surface area (Å²) in [5.74, 6) is 0. The average molecular weight is 186 g/mol. The standard InChI is InChI=1S/C8H14N2O3/c1-7(12)8(13-6(11)10-7)2-4-9-5-3-8/h9,12H,2-5H2,1H3,(H,10,11). The van der Waals surface area contributed by atoms with Crippen molar-refractivity contribution in [3.05, 3.63) is 0 Å². The van der Waals surface area contributed by atoms with Gasteiger partial charge in [-0.3, -0.25) is 5.32 Å². The molecular formula is C8H14N2O3. The Morgan fingerprint density at radius 1 is 1.46 bits per heavy atom. The van der Waals surface area contributed by atoms with E-state index in [1.807, 2.05) is 0 Å². The molecule has 0 aromatic carbocycles. The molecule has 2 heterocycles. The van der Waals surface area contributed by atoms with E-state index in [-0.39, 0.29) is 0 Å². The van der Waals surface area contributed by atoms with E-state index >= 15 is 0 Å². The van der Waals surface area contributed by atoms with Crippen LogP contribution in [0.4, 0.5) is 4.79 Å². The van der Waals surface area contributed by atoms with Gasteiger partial charge in [0.25, 0.3) is 0 Å². The Balaban J connectivity index is 2.24. The van der Waals surface area contributed by atoms with Crippen LogP contribution in [0.2, 0.25) is 0 Å². The number of hydrogen-bond acceptors (Lipinski definition) is 4. The molecule has 5 nitrogen and oxygen atoms in total. The van der Waals surface area contributed by atoms with Crippen LogP contribution in [0.5, 0.6) is 0 Å². The van der Waals surface area contributed by atoms with E-state index in [4.69, 9.17) is 4.74 Å². The number of carbonyl (C=O) groups excluding carboxylic acids is 1. The first-order valence-electron chi connectivity index (χ1n) is 4.50. The maximum atomic E-state index is 11.0. The maximum absolute atomic E-state index is 11.0. The van der Waals surface area contributed by atoms with E-state index in [0.717, 1.165) is 13.1 Å². The Labute approximate surface area is 76.5 Å². The van der Waals surface area contributed by atoms with Crippen LogP contribution in [0, 0.1) is 0 Å². The van der Waals surface area contributed by atoms with Gasteiger partial charge in [-0.15, -0.1) is 0 Å². The number of alkyl carbamates (subject to hydrolysis) is 1.